The monoisotopic (exact) mass is 388 g/mol. The van der Waals surface area contributed by atoms with Crippen LogP contribution in [-0.2, 0) is 6.61 Å². The molecular weight excluding hydrogens is 372 g/mol. The Morgan fingerprint density at radius 1 is 0.815 bits per heavy atom. The van der Waals surface area contributed by atoms with Crippen LogP contribution in [0.15, 0.2) is 84.9 Å². The van der Waals surface area contributed by atoms with Gasteiger partial charge in [-0.1, -0.05) is 72.8 Å². The molecule has 0 N–H and O–H groups in total. The van der Waals surface area contributed by atoms with Gasteiger partial charge in [0, 0.05) is 5.56 Å². The molecule has 6 heteroatoms. The average Bonchev–Trinajstić information content (AvgIpc) is 2.68. The minimum absolute atomic E-state index is 0.0431. The molecule has 0 aliphatic heterocycles. The third-order valence-electron chi connectivity index (χ3n) is 3.82. The molecular formula is C21H16F3O2P. The van der Waals surface area contributed by atoms with Crippen molar-refractivity contribution in [2.24, 2.45) is 0 Å². The molecule has 0 spiro atoms. The number of hydrogen-bond donors (Lipinski definition) is 0. The second-order valence-corrected chi connectivity index (χ2v) is 7.84. The Morgan fingerprint density at radius 3 is 1.93 bits per heavy atom. The van der Waals surface area contributed by atoms with Gasteiger partial charge in [-0.05, 0) is 23.0 Å². The molecule has 0 saturated carbocycles. The lowest BCUT2D eigenvalue weighted by Crippen LogP contribution is -2.21. The number of carbonyl (C=O) groups is 1. The summed E-state index contributed by atoms with van der Waals surface area (Å²) in [6, 6.07) is 22.6. The fourth-order valence-corrected chi connectivity index (χ4v) is 4.13. The summed E-state index contributed by atoms with van der Waals surface area (Å²) >= 11 is 0. The SMILES string of the molecule is O=C(c1ccccc1)P(c1ccc(OCc2ccccc2)cc1)C(F)(F)F. The van der Waals surface area contributed by atoms with Gasteiger partial charge in [0.25, 0.3) is 0 Å². The number of benzene rings is 3. The van der Waals surface area contributed by atoms with E-state index in [-0.39, 0.29) is 10.9 Å². The van der Waals surface area contributed by atoms with Gasteiger partial charge in [-0.2, -0.15) is 13.2 Å². The summed E-state index contributed by atoms with van der Waals surface area (Å²) in [5, 5.41) is -0.0431. The summed E-state index contributed by atoms with van der Waals surface area (Å²) in [6.45, 7) is 0.317. The van der Waals surface area contributed by atoms with Gasteiger partial charge >= 0.3 is 5.92 Å². The molecule has 138 valence electrons. The summed E-state index contributed by atoms with van der Waals surface area (Å²) in [4.78, 5) is 12.5. The van der Waals surface area contributed by atoms with Crippen LogP contribution in [0.25, 0.3) is 0 Å². The van der Waals surface area contributed by atoms with E-state index in [0.717, 1.165) is 5.56 Å². The van der Waals surface area contributed by atoms with Gasteiger partial charge in [-0.25, -0.2) is 0 Å². The second kappa shape index (κ2) is 8.36. The Balaban J connectivity index is 1.78. The van der Waals surface area contributed by atoms with Crippen LogP contribution in [0.3, 0.4) is 0 Å². The normalized spacial score (nSPS) is 12.4. The van der Waals surface area contributed by atoms with Crippen molar-refractivity contribution in [1.82, 2.24) is 0 Å². The van der Waals surface area contributed by atoms with Crippen molar-refractivity contribution in [2.45, 2.75) is 12.5 Å². The van der Waals surface area contributed by atoms with Crippen molar-refractivity contribution in [3.05, 3.63) is 96.1 Å². The Morgan fingerprint density at radius 2 is 1.37 bits per heavy atom. The molecule has 3 rings (SSSR count). The molecule has 3 aromatic carbocycles. The maximum Gasteiger partial charge on any atom is 0.416 e. The molecule has 3 aromatic rings. The van der Waals surface area contributed by atoms with Crippen molar-refractivity contribution in [1.29, 1.82) is 0 Å². The summed E-state index contributed by atoms with van der Waals surface area (Å²) in [7, 11) is -2.99. The smallest absolute Gasteiger partial charge is 0.416 e. The topological polar surface area (TPSA) is 26.3 Å². The molecule has 1 unspecified atom stereocenters. The minimum atomic E-state index is -4.62. The maximum atomic E-state index is 13.6. The second-order valence-electron chi connectivity index (χ2n) is 5.74. The van der Waals surface area contributed by atoms with E-state index in [1.807, 2.05) is 30.3 Å². The van der Waals surface area contributed by atoms with E-state index in [1.54, 1.807) is 18.2 Å². The zero-order chi connectivity index (χ0) is 19.3. The molecule has 0 fully saturated rings. The van der Waals surface area contributed by atoms with E-state index in [0.29, 0.717) is 12.4 Å². The van der Waals surface area contributed by atoms with Crippen LogP contribution in [-0.4, -0.2) is 11.4 Å². The Hall–Kier alpha value is -2.65. The first-order valence-corrected chi connectivity index (χ1v) is 9.52. The molecule has 0 amide bonds. The fraction of sp³-hybridized carbons (Fsp3) is 0.0952. The van der Waals surface area contributed by atoms with Crippen molar-refractivity contribution >= 4 is 18.8 Å². The highest BCUT2D eigenvalue weighted by atomic mass is 31.1. The number of halogens is 3. The molecule has 0 bridgehead atoms. The first kappa shape index (κ1) is 19.1. The average molecular weight is 388 g/mol. The molecule has 27 heavy (non-hydrogen) atoms. The summed E-state index contributed by atoms with van der Waals surface area (Å²) in [5.41, 5.74) is 0.111. The number of carbonyl (C=O) groups excluding carboxylic acids is 1. The van der Waals surface area contributed by atoms with Gasteiger partial charge in [0.2, 0.25) is 0 Å². The lowest BCUT2D eigenvalue weighted by molar-refractivity contribution is -0.0384. The molecule has 1 atom stereocenters. The molecule has 2 nitrogen and oxygen atoms in total. The third-order valence-corrected chi connectivity index (χ3v) is 5.81. The number of ether oxygens (including phenoxy) is 1. The Labute approximate surface area is 156 Å². The molecule has 0 saturated heterocycles. The standard InChI is InChI=1S/C21H16F3O2P/c22-21(23,24)27(20(25)17-9-5-2-6-10-17)19-13-11-18(12-14-19)26-15-16-7-3-1-4-8-16/h1-14H,15H2. The van der Waals surface area contributed by atoms with Crippen LogP contribution < -0.4 is 10.0 Å². The number of hydrogen-bond acceptors (Lipinski definition) is 2. The van der Waals surface area contributed by atoms with Gasteiger partial charge in [0.15, 0.2) is 5.52 Å². The highest BCUT2D eigenvalue weighted by molar-refractivity contribution is 7.82. The van der Waals surface area contributed by atoms with Crippen LogP contribution in [0, 0.1) is 0 Å². The van der Waals surface area contributed by atoms with E-state index in [2.05, 4.69) is 0 Å². The van der Waals surface area contributed by atoms with E-state index in [4.69, 9.17) is 4.74 Å². The fourth-order valence-electron chi connectivity index (χ4n) is 2.52. The van der Waals surface area contributed by atoms with Gasteiger partial charge in [0.1, 0.15) is 20.3 Å². The van der Waals surface area contributed by atoms with Crippen LogP contribution in [0.2, 0.25) is 0 Å². The first-order chi connectivity index (χ1) is 12.9. The summed E-state index contributed by atoms with van der Waals surface area (Å²) in [5.74, 6) is -4.17. The highest BCUT2D eigenvalue weighted by Crippen LogP contribution is 2.54. The zero-order valence-corrected chi connectivity index (χ0v) is 15.1. The third kappa shape index (κ3) is 4.95. The first-order valence-electron chi connectivity index (χ1n) is 8.18. The minimum Gasteiger partial charge on any atom is -0.489 e. The van der Waals surface area contributed by atoms with Crippen LogP contribution in [0.5, 0.6) is 5.75 Å². The largest absolute Gasteiger partial charge is 0.489 e. The van der Waals surface area contributed by atoms with Gasteiger partial charge < -0.3 is 4.74 Å². The predicted octanol–water partition coefficient (Wildman–Crippen LogP) is 5.73. The van der Waals surface area contributed by atoms with E-state index < -0.39 is 19.4 Å². The van der Waals surface area contributed by atoms with E-state index in [1.165, 1.54) is 36.4 Å². The van der Waals surface area contributed by atoms with Gasteiger partial charge in [0.05, 0.1) is 0 Å². The lowest BCUT2D eigenvalue weighted by atomic mass is 10.2. The number of rotatable bonds is 6. The van der Waals surface area contributed by atoms with Crippen LogP contribution in [0.1, 0.15) is 15.9 Å². The molecule has 0 aromatic heterocycles. The summed E-state index contributed by atoms with van der Waals surface area (Å²) in [6.07, 6.45) is 0. The molecule has 0 heterocycles. The van der Waals surface area contributed by atoms with Gasteiger partial charge in [-0.15, -0.1) is 0 Å². The quantitative estimate of drug-likeness (QED) is 0.504. The highest BCUT2D eigenvalue weighted by Gasteiger charge is 2.46. The molecule has 0 aliphatic rings. The van der Waals surface area contributed by atoms with Crippen molar-refractivity contribution < 1.29 is 22.7 Å². The predicted molar refractivity (Wildman–Crippen MR) is 101 cm³/mol. The van der Waals surface area contributed by atoms with Crippen molar-refractivity contribution in [2.75, 3.05) is 0 Å². The Bertz CT molecular complexity index is 879. The van der Waals surface area contributed by atoms with Gasteiger partial charge in [-0.3, -0.25) is 4.79 Å². The maximum absolute atomic E-state index is 13.6. The zero-order valence-electron chi connectivity index (χ0n) is 14.2. The molecule has 0 radical (unpaired) electrons. The van der Waals surface area contributed by atoms with Crippen LogP contribution in [0.4, 0.5) is 13.2 Å². The van der Waals surface area contributed by atoms with E-state index >= 15 is 0 Å². The molecule has 0 aliphatic carbocycles. The Kier molecular flexibility index (Phi) is 5.92. The van der Waals surface area contributed by atoms with Crippen LogP contribution >= 0.6 is 7.92 Å². The lowest BCUT2D eigenvalue weighted by Gasteiger charge is -2.20. The van der Waals surface area contributed by atoms with Crippen molar-refractivity contribution in [3.63, 3.8) is 0 Å². The summed E-state index contributed by atoms with van der Waals surface area (Å²) < 4.78 is 46.4. The van der Waals surface area contributed by atoms with E-state index in [9.17, 15) is 18.0 Å². The number of alkyl halides is 3. The van der Waals surface area contributed by atoms with Crippen molar-refractivity contribution in [3.8, 4) is 5.75 Å².